The lowest BCUT2D eigenvalue weighted by atomic mass is 9.99. The summed E-state index contributed by atoms with van der Waals surface area (Å²) in [4.78, 5) is 13.4. The molecule has 0 bridgehead atoms. The monoisotopic (exact) mass is 255 g/mol. The lowest BCUT2D eigenvalue weighted by Gasteiger charge is -2.31. The number of likely N-dealkylation sites (N-methyl/N-ethyl adjacent to an activating group) is 2. The topological polar surface area (TPSA) is 58.4 Å². The highest BCUT2D eigenvalue weighted by molar-refractivity contribution is 7.07. The molecular formula is C12H21N3OS. The fourth-order valence-corrected chi connectivity index (χ4v) is 2.59. The standard InChI is InChI=1S/C12H21N3OS/c1-4-10(13)12(9-5-6-17-8-9)15(3)7-11(16)14-2/h5-6,8,10,12H,4,7,13H2,1-3H3,(H,14,16). The van der Waals surface area contributed by atoms with E-state index in [0.717, 1.165) is 6.42 Å². The van der Waals surface area contributed by atoms with Crippen LogP contribution in [0.15, 0.2) is 16.8 Å². The largest absolute Gasteiger partial charge is 0.358 e. The smallest absolute Gasteiger partial charge is 0.233 e. The second-order valence-electron chi connectivity index (χ2n) is 4.16. The van der Waals surface area contributed by atoms with Gasteiger partial charge in [-0.25, -0.2) is 0 Å². The summed E-state index contributed by atoms with van der Waals surface area (Å²) in [6.45, 7) is 2.43. The first-order chi connectivity index (χ1) is 8.10. The third-order valence-corrected chi connectivity index (χ3v) is 3.61. The number of nitrogens with two attached hydrogens (primary N) is 1. The van der Waals surface area contributed by atoms with Crippen molar-refractivity contribution in [2.45, 2.75) is 25.4 Å². The minimum absolute atomic E-state index is 0.0102. The Labute approximate surface area is 107 Å². The van der Waals surface area contributed by atoms with Crippen LogP contribution in [0.2, 0.25) is 0 Å². The molecule has 1 aromatic heterocycles. The summed E-state index contributed by atoms with van der Waals surface area (Å²) in [7, 11) is 3.59. The van der Waals surface area contributed by atoms with Gasteiger partial charge in [0.2, 0.25) is 5.91 Å². The van der Waals surface area contributed by atoms with Crippen LogP contribution in [0.4, 0.5) is 0 Å². The van der Waals surface area contributed by atoms with Crippen LogP contribution in [-0.2, 0) is 4.79 Å². The van der Waals surface area contributed by atoms with E-state index in [9.17, 15) is 4.79 Å². The van der Waals surface area contributed by atoms with E-state index >= 15 is 0 Å². The van der Waals surface area contributed by atoms with E-state index in [0.29, 0.717) is 6.54 Å². The van der Waals surface area contributed by atoms with E-state index in [1.807, 2.05) is 17.3 Å². The summed E-state index contributed by atoms with van der Waals surface area (Å²) in [5.74, 6) is 0.0102. The highest BCUT2D eigenvalue weighted by Gasteiger charge is 2.24. The number of rotatable bonds is 6. The van der Waals surface area contributed by atoms with Crippen molar-refractivity contribution in [3.63, 3.8) is 0 Å². The molecule has 0 aromatic carbocycles. The zero-order valence-corrected chi connectivity index (χ0v) is 11.5. The fraction of sp³-hybridized carbons (Fsp3) is 0.583. The van der Waals surface area contributed by atoms with Crippen LogP contribution in [0, 0.1) is 0 Å². The van der Waals surface area contributed by atoms with E-state index in [-0.39, 0.29) is 18.0 Å². The Kier molecular flexibility index (Phi) is 5.61. The molecule has 4 nitrogen and oxygen atoms in total. The Bertz CT molecular complexity index is 340. The van der Waals surface area contributed by atoms with Crippen molar-refractivity contribution < 1.29 is 4.79 Å². The molecule has 0 aliphatic rings. The lowest BCUT2D eigenvalue weighted by Crippen LogP contribution is -2.42. The molecule has 1 heterocycles. The second-order valence-corrected chi connectivity index (χ2v) is 4.94. The normalized spacial score (nSPS) is 14.6. The number of carbonyl (C=O) groups excluding carboxylic acids is 1. The predicted molar refractivity (Wildman–Crippen MR) is 72.0 cm³/mol. The second kappa shape index (κ2) is 6.74. The predicted octanol–water partition coefficient (Wildman–Crippen LogP) is 1.20. The molecule has 96 valence electrons. The van der Waals surface area contributed by atoms with Gasteiger partial charge in [-0.05, 0) is 35.9 Å². The van der Waals surface area contributed by atoms with Gasteiger partial charge in [-0.15, -0.1) is 0 Å². The number of carbonyl (C=O) groups is 1. The highest BCUT2D eigenvalue weighted by atomic mass is 32.1. The van der Waals surface area contributed by atoms with Crippen LogP contribution in [-0.4, -0.2) is 37.5 Å². The molecule has 2 atom stereocenters. The van der Waals surface area contributed by atoms with Crippen LogP contribution < -0.4 is 11.1 Å². The van der Waals surface area contributed by atoms with Crippen molar-refractivity contribution in [3.8, 4) is 0 Å². The Morgan fingerprint density at radius 2 is 2.35 bits per heavy atom. The minimum atomic E-state index is 0.0102. The van der Waals surface area contributed by atoms with Crippen molar-refractivity contribution >= 4 is 17.2 Å². The van der Waals surface area contributed by atoms with Crippen molar-refractivity contribution in [3.05, 3.63) is 22.4 Å². The molecule has 0 saturated heterocycles. The summed E-state index contributed by atoms with van der Waals surface area (Å²) in [5, 5.41) is 6.77. The van der Waals surface area contributed by atoms with Crippen molar-refractivity contribution in [1.82, 2.24) is 10.2 Å². The van der Waals surface area contributed by atoms with E-state index in [2.05, 4.69) is 23.7 Å². The van der Waals surface area contributed by atoms with E-state index in [1.54, 1.807) is 18.4 Å². The Morgan fingerprint density at radius 1 is 1.65 bits per heavy atom. The molecule has 0 spiro atoms. The zero-order valence-electron chi connectivity index (χ0n) is 10.6. The molecule has 3 N–H and O–H groups in total. The van der Waals surface area contributed by atoms with Gasteiger partial charge in [-0.1, -0.05) is 6.92 Å². The first kappa shape index (κ1) is 14.2. The van der Waals surface area contributed by atoms with Gasteiger partial charge >= 0.3 is 0 Å². The summed E-state index contributed by atoms with van der Waals surface area (Å²) in [6, 6.07) is 2.22. The number of nitrogens with one attached hydrogen (secondary N) is 1. The molecule has 2 unspecified atom stereocenters. The number of nitrogens with zero attached hydrogens (tertiary/aromatic N) is 1. The van der Waals surface area contributed by atoms with Gasteiger partial charge in [0.05, 0.1) is 12.6 Å². The third kappa shape index (κ3) is 3.80. The van der Waals surface area contributed by atoms with Crippen molar-refractivity contribution in [2.75, 3.05) is 20.6 Å². The molecule has 0 aliphatic carbocycles. The Hall–Kier alpha value is -0.910. The minimum Gasteiger partial charge on any atom is -0.358 e. The Balaban J connectivity index is 2.80. The van der Waals surface area contributed by atoms with Gasteiger partial charge in [0.15, 0.2) is 0 Å². The third-order valence-electron chi connectivity index (χ3n) is 2.91. The number of hydrogen-bond acceptors (Lipinski definition) is 4. The molecule has 0 aliphatic heterocycles. The van der Waals surface area contributed by atoms with Gasteiger partial charge in [-0.2, -0.15) is 11.3 Å². The van der Waals surface area contributed by atoms with Gasteiger partial charge in [0.25, 0.3) is 0 Å². The number of thiophene rings is 1. The molecule has 17 heavy (non-hydrogen) atoms. The molecule has 1 amide bonds. The number of amides is 1. The van der Waals surface area contributed by atoms with E-state index in [1.165, 1.54) is 5.56 Å². The molecule has 0 saturated carbocycles. The maximum absolute atomic E-state index is 11.4. The maximum Gasteiger partial charge on any atom is 0.233 e. The van der Waals surface area contributed by atoms with Crippen LogP contribution in [0.25, 0.3) is 0 Å². The maximum atomic E-state index is 11.4. The Morgan fingerprint density at radius 3 is 2.82 bits per heavy atom. The van der Waals surface area contributed by atoms with Crippen LogP contribution in [0.3, 0.4) is 0 Å². The molecule has 5 heteroatoms. The molecule has 0 fully saturated rings. The van der Waals surface area contributed by atoms with E-state index < -0.39 is 0 Å². The average Bonchev–Trinajstić information content (AvgIpc) is 2.82. The first-order valence-electron chi connectivity index (χ1n) is 5.78. The summed E-state index contributed by atoms with van der Waals surface area (Å²) in [6.07, 6.45) is 0.887. The fourth-order valence-electron chi connectivity index (χ4n) is 1.90. The zero-order chi connectivity index (χ0) is 12.8. The highest BCUT2D eigenvalue weighted by Crippen LogP contribution is 2.25. The van der Waals surface area contributed by atoms with Crippen LogP contribution in [0.1, 0.15) is 24.9 Å². The van der Waals surface area contributed by atoms with Crippen LogP contribution >= 0.6 is 11.3 Å². The average molecular weight is 255 g/mol. The van der Waals surface area contributed by atoms with Gasteiger partial charge in [0.1, 0.15) is 0 Å². The number of hydrogen-bond donors (Lipinski definition) is 2. The lowest BCUT2D eigenvalue weighted by molar-refractivity contribution is -0.122. The molecule has 1 rings (SSSR count). The van der Waals surface area contributed by atoms with Crippen molar-refractivity contribution in [1.29, 1.82) is 0 Å². The van der Waals surface area contributed by atoms with Gasteiger partial charge < -0.3 is 11.1 Å². The molecular weight excluding hydrogens is 234 g/mol. The first-order valence-corrected chi connectivity index (χ1v) is 6.72. The molecule has 1 aromatic rings. The summed E-state index contributed by atoms with van der Waals surface area (Å²) >= 11 is 1.66. The van der Waals surface area contributed by atoms with E-state index in [4.69, 9.17) is 5.73 Å². The molecule has 0 radical (unpaired) electrons. The van der Waals surface area contributed by atoms with Crippen molar-refractivity contribution in [2.24, 2.45) is 5.73 Å². The SMILES string of the molecule is CCC(N)C(c1ccsc1)N(C)CC(=O)NC. The quantitative estimate of drug-likeness (QED) is 0.803. The van der Waals surface area contributed by atoms with Gasteiger partial charge in [-0.3, -0.25) is 9.69 Å². The van der Waals surface area contributed by atoms with Gasteiger partial charge in [0, 0.05) is 13.1 Å². The van der Waals surface area contributed by atoms with Crippen LogP contribution in [0.5, 0.6) is 0 Å². The summed E-state index contributed by atoms with van der Waals surface area (Å²) < 4.78 is 0. The summed E-state index contributed by atoms with van der Waals surface area (Å²) in [5.41, 5.74) is 7.35.